The molecule has 1 heterocycles. The molecular formula is C18H19N2+. The fraction of sp³-hybridized carbons (Fsp3) is 0.167. The zero-order valence-corrected chi connectivity index (χ0v) is 12.2. The van der Waals surface area contributed by atoms with E-state index in [1.54, 1.807) is 0 Å². The van der Waals surface area contributed by atoms with Gasteiger partial charge in [-0.05, 0) is 44.0 Å². The molecule has 100 valence electrons. The number of nitrogens with zero attached hydrogens (tertiary/aromatic N) is 2. The molecule has 2 nitrogen and oxygen atoms in total. The zero-order valence-electron chi connectivity index (χ0n) is 12.2. The number of imidazole rings is 1. The second kappa shape index (κ2) is 4.97. The molecule has 0 aliphatic carbocycles. The molecule has 0 unspecified atom stereocenters. The molecule has 1 aromatic heterocycles. The van der Waals surface area contributed by atoms with Crippen LogP contribution >= 0.6 is 0 Å². The van der Waals surface area contributed by atoms with E-state index in [0.717, 1.165) is 0 Å². The Kier molecular flexibility index (Phi) is 3.15. The fourth-order valence-electron chi connectivity index (χ4n) is 2.82. The molecule has 0 fully saturated rings. The van der Waals surface area contributed by atoms with Crippen molar-refractivity contribution in [3.63, 3.8) is 0 Å². The number of para-hydroxylation sites is 1. The van der Waals surface area contributed by atoms with Gasteiger partial charge in [-0.2, -0.15) is 0 Å². The monoisotopic (exact) mass is 263 g/mol. The molecule has 0 amide bonds. The molecule has 0 aliphatic rings. The molecule has 0 spiro atoms. The van der Waals surface area contributed by atoms with Gasteiger partial charge in [0.05, 0.1) is 0 Å². The summed E-state index contributed by atoms with van der Waals surface area (Å²) in [6, 6.07) is 14.8. The van der Waals surface area contributed by atoms with Crippen molar-refractivity contribution < 1.29 is 4.57 Å². The highest BCUT2D eigenvalue weighted by Crippen LogP contribution is 2.16. The lowest BCUT2D eigenvalue weighted by Gasteiger charge is -2.07. The molecule has 0 saturated carbocycles. The van der Waals surface area contributed by atoms with Gasteiger partial charge in [-0.1, -0.05) is 35.9 Å². The lowest BCUT2D eigenvalue weighted by Crippen LogP contribution is -2.30. The minimum absolute atomic E-state index is 1.17. The van der Waals surface area contributed by atoms with Crippen LogP contribution in [0, 0.1) is 20.8 Å². The molecular weight excluding hydrogens is 244 g/mol. The number of hydrogen-bond acceptors (Lipinski definition) is 0. The number of hydrogen-bond donors (Lipinski definition) is 0. The van der Waals surface area contributed by atoms with Gasteiger partial charge in [0.15, 0.2) is 0 Å². The molecule has 0 radical (unpaired) electrons. The van der Waals surface area contributed by atoms with Crippen molar-refractivity contribution in [2.75, 3.05) is 0 Å². The lowest BCUT2D eigenvalue weighted by molar-refractivity contribution is -0.595. The van der Waals surface area contributed by atoms with Crippen LogP contribution in [-0.4, -0.2) is 4.57 Å². The smallest absolute Gasteiger partial charge is 0.202 e. The van der Waals surface area contributed by atoms with Crippen molar-refractivity contribution in [3.8, 4) is 11.4 Å². The average Bonchev–Trinajstić information content (AvgIpc) is 2.88. The number of rotatable bonds is 2. The normalized spacial score (nSPS) is 10.8. The van der Waals surface area contributed by atoms with E-state index in [2.05, 4.69) is 85.0 Å². The van der Waals surface area contributed by atoms with Crippen molar-refractivity contribution in [2.24, 2.45) is 0 Å². The highest BCUT2D eigenvalue weighted by Gasteiger charge is 2.13. The summed E-state index contributed by atoms with van der Waals surface area (Å²) in [7, 11) is 0. The quantitative estimate of drug-likeness (QED) is 0.624. The third kappa shape index (κ3) is 2.25. The topological polar surface area (TPSA) is 8.81 Å². The van der Waals surface area contributed by atoms with Crippen LogP contribution in [0.3, 0.4) is 0 Å². The largest absolute Gasteiger partial charge is 0.254 e. The van der Waals surface area contributed by atoms with Crippen LogP contribution in [0.1, 0.15) is 16.7 Å². The molecule has 2 heteroatoms. The molecule has 20 heavy (non-hydrogen) atoms. The van der Waals surface area contributed by atoms with Crippen LogP contribution in [-0.2, 0) is 0 Å². The molecule has 2 aromatic carbocycles. The minimum Gasteiger partial charge on any atom is -0.202 e. The molecule has 0 N–H and O–H groups in total. The van der Waals surface area contributed by atoms with Crippen molar-refractivity contribution in [3.05, 3.63) is 77.9 Å². The molecule has 3 rings (SSSR count). The van der Waals surface area contributed by atoms with Crippen LogP contribution in [0.15, 0.2) is 61.2 Å². The van der Waals surface area contributed by atoms with Gasteiger partial charge in [-0.25, -0.2) is 9.13 Å². The summed E-state index contributed by atoms with van der Waals surface area (Å²) in [5, 5.41) is 0. The van der Waals surface area contributed by atoms with Gasteiger partial charge in [0.1, 0.15) is 23.8 Å². The maximum Gasteiger partial charge on any atom is 0.254 e. The van der Waals surface area contributed by atoms with Crippen LogP contribution in [0.5, 0.6) is 0 Å². The summed E-state index contributed by atoms with van der Waals surface area (Å²) >= 11 is 0. The summed E-state index contributed by atoms with van der Waals surface area (Å²) in [5.74, 6) is 0. The summed E-state index contributed by atoms with van der Waals surface area (Å²) < 4.78 is 4.33. The van der Waals surface area contributed by atoms with Crippen LogP contribution in [0.4, 0.5) is 0 Å². The van der Waals surface area contributed by atoms with E-state index >= 15 is 0 Å². The predicted octanol–water partition coefficient (Wildman–Crippen LogP) is 3.68. The fourth-order valence-corrected chi connectivity index (χ4v) is 2.82. The Morgan fingerprint density at radius 1 is 0.900 bits per heavy atom. The van der Waals surface area contributed by atoms with Crippen LogP contribution in [0.2, 0.25) is 0 Å². The Bertz CT molecular complexity index is 716. The SMILES string of the molecule is Cc1cc(C)c(-[n+]2ccn(-c3ccccc3)c2)c(C)c1. The van der Waals surface area contributed by atoms with Gasteiger partial charge in [-0.15, -0.1) is 0 Å². The second-order valence-corrected chi connectivity index (χ2v) is 5.31. The predicted molar refractivity (Wildman–Crippen MR) is 81.5 cm³/mol. The minimum atomic E-state index is 1.17. The Morgan fingerprint density at radius 3 is 2.20 bits per heavy atom. The molecule has 0 saturated heterocycles. The first-order valence-electron chi connectivity index (χ1n) is 6.88. The van der Waals surface area contributed by atoms with Gasteiger partial charge >= 0.3 is 0 Å². The van der Waals surface area contributed by atoms with E-state index < -0.39 is 0 Å². The lowest BCUT2D eigenvalue weighted by atomic mass is 10.1. The first kappa shape index (κ1) is 12.7. The maximum atomic E-state index is 2.23. The third-order valence-corrected chi connectivity index (χ3v) is 3.58. The average molecular weight is 263 g/mol. The summed E-state index contributed by atoms with van der Waals surface area (Å²) in [6.45, 7) is 6.48. The highest BCUT2D eigenvalue weighted by atomic mass is 15.1. The Balaban J connectivity index is 2.07. The van der Waals surface area contributed by atoms with Crippen molar-refractivity contribution >= 4 is 0 Å². The first-order chi connectivity index (χ1) is 9.65. The van der Waals surface area contributed by atoms with E-state index in [4.69, 9.17) is 0 Å². The number of aromatic nitrogens is 2. The van der Waals surface area contributed by atoms with E-state index in [1.807, 2.05) is 6.07 Å². The van der Waals surface area contributed by atoms with E-state index in [9.17, 15) is 0 Å². The van der Waals surface area contributed by atoms with Crippen LogP contribution in [0.25, 0.3) is 11.4 Å². The Labute approximate surface area is 119 Å². The van der Waals surface area contributed by atoms with Crippen molar-refractivity contribution in [1.82, 2.24) is 4.57 Å². The third-order valence-electron chi connectivity index (χ3n) is 3.58. The van der Waals surface area contributed by atoms with E-state index in [-0.39, 0.29) is 0 Å². The highest BCUT2D eigenvalue weighted by molar-refractivity contribution is 5.43. The van der Waals surface area contributed by atoms with Crippen LogP contribution < -0.4 is 4.57 Å². The van der Waals surface area contributed by atoms with Gasteiger partial charge in [0.2, 0.25) is 0 Å². The molecule has 0 bridgehead atoms. The summed E-state index contributed by atoms with van der Waals surface area (Å²) in [6.07, 6.45) is 6.33. The van der Waals surface area contributed by atoms with E-state index in [1.165, 1.54) is 28.1 Å². The zero-order chi connectivity index (χ0) is 14.1. The summed E-state index contributed by atoms with van der Waals surface area (Å²) in [5.41, 5.74) is 6.36. The molecule has 3 aromatic rings. The van der Waals surface area contributed by atoms with Gasteiger partial charge in [0.25, 0.3) is 6.33 Å². The maximum absolute atomic E-state index is 2.23. The van der Waals surface area contributed by atoms with E-state index in [0.29, 0.717) is 0 Å². The van der Waals surface area contributed by atoms with Gasteiger partial charge in [-0.3, -0.25) is 0 Å². The number of benzene rings is 2. The first-order valence-corrected chi connectivity index (χ1v) is 6.88. The molecule has 0 aliphatic heterocycles. The van der Waals surface area contributed by atoms with Crippen molar-refractivity contribution in [1.29, 1.82) is 0 Å². The Morgan fingerprint density at radius 2 is 1.55 bits per heavy atom. The van der Waals surface area contributed by atoms with Crippen molar-refractivity contribution in [2.45, 2.75) is 20.8 Å². The second-order valence-electron chi connectivity index (χ2n) is 5.31. The molecule has 0 atom stereocenters. The van der Waals surface area contributed by atoms with Gasteiger partial charge in [0, 0.05) is 0 Å². The summed E-state index contributed by atoms with van der Waals surface area (Å²) in [4.78, 5) is 0. The Hall–Kier alpha value is -2.35. The standard InChI is InChI=1S/C18H19N2/c1-14-11-15(2)18(16(3)12-14)20-10-9-19(13-20)17-7-5-4-6-8-17/h4-13H,1-3H3/q+1. The number of aryl methyl sites for hydroxylation is 3. The van der Waals surface area contributed by atoms with Gasteiger partial charge < -0.3 is 0 Å².